The van der Waals surface area contributed by atoms with E-state index >= 15 is 0 Å². The second-order valence-corrected chi connectivity index (χ2v) is 5.62. The van der Waals surface area contributed by atoms with Crippen LogP contribution in [0.15, 0.2) is 4.99 Å². The first kappa shape index (κ1) is 17.2. The summed E-state index contributed by atoms with van der Waals surface area (Å²) in [5.74, 6) is 1.64. The minimum absolute atomic E-state index is 0.208. The third-order valence-corrected chi connectivity index (χ3v) is 2.77. The molecule has 0 unspecified atom stereocenters. The van der Waals surface area contributed by atoms with Crippen molar-refractivity contribution in [3.05, 3.63) is 0 Å². The second kappa shape index (κ2) is 9.20. The highest BCUT2D eigenvalue weighted by atomic mass is 16.5. The number of aliphatic imine (C=N–C) groups is 1. The molecule has 4 nitrogen and oxygen atoms in total. The van der Waals surface area contributed by atoms with Gasteiger partial charge in [0, 0.05) is 20.2 Å². The van der Waals surface area contributed by atoms with Gasteiger partial charge >= 0.3 is 0 Å². The van der Waals surface area contributed by atoms with Gasteiger partial charge in [-0.15, -0.1) is 0 Å². The summed E-state index contributed by atoms with van der Waals surface area (Å²) in [6.45, 7) is 13.2. The molecule has 0 rings (SSSR count). The van der Waals surface area contributed by atoms with Crippen molar-refractivity contribution in [2.75, 3.05) is 26.7 Å². The van der Waals surface area contributed by atoms with Crippen LogP contribution in [0.5, 0.6) is 0 Å². The van der Waals surface area contributed by atoms with E-state index in [-0.39, 0.29) is 5.60 Å². The number of nitrogens with one attached hydrogen (secondary N) is 2. The minimum atomic E-state index is -0.208. The van der Waals surface area contributed by atoms with E-state index in [0.29, 0.717) is 6.54 Å². The van der Waals surface area contributed by atoms with E-state index in [0.717, 1.165) is 25.0 Å². The summed E-state index contributed by atoms with van der Waals surface area (Å²) in [6, 6.07) is 0. The first-order chi connectivity index (χ1) is 8.41. The van der Waals surface area contributed by atoms with Gasteiger partial charge in [0.2, 0.25) is 0 Å². The topological polar surface area (TPSA) is 45.7 Å². The Morgan fingerprint density at radius 3 is 2.44 bits per heavy atom. The molecule has 0 radical (unpaired) electrons. The summed E-state index contributed by atoms with van der Waals surface area (Å²) < 4.78 is 5.36. The first-order valence-corrected chi connectivity index (χ1v) is 6.98. The van der Waals surface area contributed by atoms with Crippen molar-refractivity contribution in [3.8, 4) is 0 Å². The number of guanidine groups is 1. The fourth-order valence-corrected chi connectivity index (χ4v) is 1.39. The van der Waals surface area contributed by atoms with E-state index in [1.54, 1.807) is 7.11 Å². The van der Waals surface area contributed by atoms with Crippen molar-refractivity contribution in [1.82, 2.24) is 10.6 Å². The maximum atomic E-state index is 5.36. The van der Waals surface area contributed by atoms with Gasteiger partial charge in [0.25, 0.3) is 0 Å². The molecular weight excluding hydrogens is 226 g/mol. The monoisotopic (exact) mass is 257 g/mol. The van der Waals surface area contributed by atoms with Gasteiger partial charge in [0.05, 0.1) is 12.1 Å². The summed E-state index contributed by atoms with van der Waals surface area (Å²) in [6.07, 6.45) is 2.42. The lowest BCUT2D eigenvalue weighted by Gasteiger charge is -2.21. The highest BCUT2D eigenvalue weighted by Gasteiger charge is 2.15. The molecular formula is C14H31N3O. The second-order valence-electron chi connectivity index (χ2n) is 5.62. The Morgan fingerprint density at radius 2 is 1.94 bits per heavy atom. The van der Waals surface area contributed by atoms with Gasteiger partial charge in [0.15, 0.2) is 5.96 Å². The van der Waals surface area contributed by atoms with Crippen LogP contribution in [0.1, 0.15) is 47.5 Å². The predicted octanol–water partition coefficient (Wildman–Crippen LogP) is 2.40. The van der Waals surface area contributed by atoms with E-state index < -0.39 is 0 Å². The quantitative estimate of drug-likeness (QED) is 0.399. The predicted molar refractivity (Wildman–Crippen MR) is 79.1 cm³/mol. The number of rotatable bonds is 8. The summed E-state index contributed by atoms with van der Waals surface area (Å²) >= 11 is 0. The van der Waals surface area contributed by atoms with Gasteiger partial charge in [-0.2, -0.15) is 0 Å². The normalized spacial score (nSPS) is 12.9. The zero-order valence-corrected chi connectivity index (χ0v) is 13.0. The molecule has 0 aliphatic heterocycles. The summed E-state index contributed by atoms with van der Waals surface area (Å²) in [5.41, 5.74) is -0.208. The van der Waals surface area contributed by atoms with Crippen molar-refractivity contribution in [2.24, 2.45) is 10.9 Å². The molecule has 0 aromatic carbocycles. The fourth-order valence-electron chi connectivity index (χ4n) is 1.39. The number of ether oxygens (including phenoxy) is 1. The molecule has 0 saturated carbocycles. The summed E-state index contributed by atoms with van der Waals surface area (Å²) in [5, 5.41) is 6.61. The molecule has 0 fully saturated rings. The Labute approximate surface area is 113 Å². The van der Waals surface area contributed by atoms with Crippen LogP contribution in [-0.2, 0) is 4.74 Å². The van der Waals surface area contributed by atoms with Gasteiger partial charge < -0.3 is 15.4 Å². The first-order valence-electron chi connectivity index (χ1n) is 6.98. The third kappa shape index (κ3) is 9.28. The highest BCUT2D eigenvalue weighted by Crippen LogP contribution is 2.07. The minimum Gasteiger partial charge on any atom is -0.377 e. The van der Waals surface area contributed by atoms with Crippen molar-refractivity contribution < 1.29 is 4.74 Å². The summed E-state index contributed by atoms with van der Waals surface area (Å²) in [7, 11) is 1.72. The van der Waals surface area contributed by atoms with Crippen LogP contribution in [0.4, 0.5) is 0 Å². The van der Waals surface area contributed by atoms with Crippen LogP contribution in [0, 0.1) is 5.92 Å². The lowest BCUT2D eigenvalue weighted by atomic mass is 10.1. The van der Waals surface area contributed by atoms with E-state index in [1.165, 1.54) is 12.8 Å². The summed E-state index contributed by atoms with van der Waals surface area (Å²) in [4.78, 5) is 4.54. The Hall–Kier alpha value is -0.770. The van der Waals surface area contributed by atoms with Gasteiger partial charge in [-0.05, 0) is 39.5 Å². The van der Waals surface area contributed by atoms with E-state index in [1.807, 2.05) is 13.8 Å². The van der Waals surface area contributed by atoms with Crippen LogP contribution in [0.25, 0.3) is 0 Å². The lowest BCUT2D eigenvalue weighted by Crippen LogP contribution is -2.39. The van der Waals surface area contributed by atoms with Crippen molar-refractivity contribution in [3.63, 3.8) is 0 Å². The average Bonchev–Trinajstić information content (AvgIpc) is 2.31. The fraction of sp³-hybridized carbons (Fsp3) is 0.929. The average molecular weight is 257 g/mol. The molecule has 0 spiro atoms. The molecule has 0 aromatic rings. The number of hydrogen-bond acceptors (Lipinski definition) is 2. The molecule has 108 valence electrons. The molecule has 0 amide bonds. The molecule has 4 heteroatoms. The Balaban J connectivity index is 4.08. The molecule has 0 bridgehead atoms. The van der Waals surface area contributed by atoms with Crippen LogP contribution in [-0.4, -0.2) is 38.3 Å². The maximum absolute atomic E-state index is 5.36. The molecule has 0 atom stereocenters. The zero-order valence-electron chi connectivity index (χ0n) is 13.0. The van der Waals surface area contributed by atoms with Crippen LogP contribution in [0.3, 0.4) is 0 Å². The van der Waals surface area contributed by atoms with Crippen LogP contribution < -0.4 is 10.6 Å². The van der Waals surface area contributed by atoms with E-state index in [2.05, 4.69) is 36.4 Å². The van der Waals surface area contributed by atoms with Gasteiger partial charge in [-0.25, -0.2) is 0 Å². The van der Waals surface area contributed by atoms with Crippen LogP contribution in [0.2, 0.25) is 0 Å². The van der Waals surface area contributed by atoms with E-state index in [4.69, 9.17) is 4.74 Å². The van der Waals surface area contributed by atoms with Gasteiger partial charge in [-0.1, -0.05) is 13.8 Å². The SMILES string of the molecule is CCNC(=NCC(C)(C)OC)NCCCC(C)C. The Bertz CT molecular complexity index is 237. The highest BCUT2D eigenvalue weighted by molar-refractivity contribution is 5.79. The number of hydrogen-bond donors (Lipinski definition) is 2. The molecule has 0 aliphatic rings. The smallest absolute Gasteiger partial charge is 0.191 e. The van der Waals surface area contributed by atoms with Crippen LogP contribution >= 0.6 is 0 Å². The largest absolute Gasteiger partial charge is 0.377 e. The van der Waals surface area contributed by atoms with Gasteiger partial charge in [0.1, 0.15) is 0 Å². The maximum Gasteiger partial charge on any atom is 0.191 e. The Kier molecular flexibility index (Phi) is 8.81. The molecule has 0 saturated heterocycles. The molecule has 2 N–H and O–H groups in total. The van der Waals surface area contributed by atoms with E-state index in [9.17, 15) is 0 Å². The van der Waals surface area contributed by atoms with Crippen molar-refractivity contribution in [2.45, 2.75) is 53.1 Å². The van der Waals surface area contributed by atoms with Crippen molar-refractivity contribution >= 4 is 5.96 Å². The lowest BCUT2D eigenvalue weighted by molar-refractivity contribution is 0.0310. The van der Waals surface area contributed by atoms with Crippen molar-refractivity contribution in [1.29, 1.82) is 0 Å². The molecule has 18 heavy (non-hydrogen) atoms. The number of methoxy groups -OCH3 is 1. The van der Waals surface area contributed by atoms with Gasteiger partial charge in [-0.3, -0.25) is 4.99 Å². The zero-order chi connectivity index (χ0) is 14.0. The molecule has 0 aromatic heterocycles. The third-order valence-electron chi connectivity index (χ3n) is 2.77. The Morgan fingerprint density at radius 1 is 1.28 bits per heavy atom. The number of nitrogens with zero attached hydrogens (tertiary/aromatic N) is 1. The molecule has 0 heterocycles. The molecule has 0 aliphatic carbocycles. The standard InChI is InChI=1S/C14H31N3O/c1-7-15-13(16-10-8-9-12(2)3)17-11-14(4,5)18-6/h12H,7-11H2,1-6H3,(H2,15,16,17).